The van der Waals surface area contributed by atoms with Crippen molar-refractivity contribution in [3.05, 3.63) is 87.4 Å². The Kier molecular flexibility index (Phi) is 5.45. The van der Waals surface area contributed by atoms with Gasteiger partial charge in [-0.1, -0.05) is 29.5 Å². The van der Waals surface area contributed by atoms with E-state index in [0.29, 0.717) is 35.2 Å². The zero-order valence-corrected chi connectivity index (χ0v) is 20.7. The van der Waals surface area contributed by atoms with Crippen LogP contribution in [-0.2, 0) is 4.74 Å². The van der Waals surface area contributed by atoms with Crippen LogP contribution in [0, 0.1) is 9.39 Å². The minimum absolute atomic E-state index is 0.104. The van der Waals surface area contributed by atoms with Gasteiger partial charge < -0.3 is 15.0 Å². The molecule has 6 nitrogen and oxygen atoms in total. The second kappa shape index (κ2) is 8.62. The lowest BCUT2D eigenvalue weighted by Gasteiger charge is -2.18. The number of ether oxygens (including phenoxy) is 1. The van der Waals surface area contributed by atoms with Gasteiger partial charge in [0.15, 0.2) is 0 Å². The highest BCUT2D eigenvalue weighted by molar-refractivity contribution is 14.1. The summed E-state index contributed by atoms with van der Waals surface area (Å²) in [6.45, 7) is 0.910. The number of anilines is 2. The van der Waals surface area contributed by atoms with Crippen LogP contribution in [-0.4, -0.2) is 46.9 Å². The molecule has 4 heterocycles. The number of fused-ring (bicyclic) bond motifs is 2. The lowest BCUT2D eigenvalue weighted by molar-refractivity contribution is 0.0772. The lowest BCUT2D eigenvalue weighted by Crippen LogP contribution is -2.31. The maximum Gasteiger partial charge on any atom is 0.257 e. The molecule has 2 atom stereocenters. The van der Waals surface area contributed by atoms with E-state index in [2.05, 4.69) is 32.9 Å². The molecular formula is C25H18FIN4O2S. The molecule has 2 aromatic carbocycles. The Balaban J connectivity index is 1.30. The highest BCUT2D eigenvalue weighted by Crippen LogP contribution is 2.39. The summed E-state index contributed by atoms with van der Waals surface area (Å²) in [5, 5.41) is 4.46. The number of halogens is 2. The number of carbonyl (C=O) groups is 1. The fraction of sp³-hybridized carbons (Fsp3) is 0.160. The van der Waals surface area contributed by atoms with Gasteiger partial charge in [-0.15, -0.1) is 0 Å². The van der Waals surface area contributed by atoms with E-state index >= 15 is 0 Å². The molecule has 1 saturated heterocycles. The monoisotopic (exact) mass is 584 g/mol. The van der Waals surface area contributed by atoms with Crippen molar-refractivity contribution in [2.45, 2.75) is 12.1 Å². The molecule has 2 aliphatic heterocycles. The number of aromatic nitrogens is 1. The predicted octanol–water partition coefficient (Wildman–Crippen LogP) is 5.45. The topological polar surface area (TPSA) is 66.8 Å². The fourth-order valence-electron chi connectivity index (χ4n) is 4.31. The number of rotatable bonds is 4. The molecule has 0 radical (unpaired) electrons. The Morgan fingerprint density at radius 1 is 1.15 bits per heavy atom. The number of benzene rings is 2. The summed E-state index contributed by atoms with van der Waals surface area (Å²) in [7, 11) is 0. The molecule has 2 aromatic heterocycles. The minimum Gasteiger partial charge on any atom is -0.470 e. The number of hydrogen-bond acceptors (Lipinski definition) is 6. The molecule has 0 bridgehead atoms. The summed E-state index contributed by atoms with van der Waals surface area (Å²) >= 11 is 3.41. The van der Waals surface area contributed by atoms with Crippen LogP contribution in [0.4, 0.5) is 15.1 Å². The first-order valence-corrected chi connectivity index (χ1v) is 12.6. The smallest absolute Gasteiger partial charge is 0.257 e. The zero-order chi connectivity index (χ0) is 23.2. The number of pyridine rings is 1. The number of hydrogen-bond donors (Lipinski definition) is 1. The Morgan fingerprint density at radius 3 is 2.79 bits per heavy atom. The van der Waals surface area contributed by atoms with Crippen LogP contribution in [0.2, 0.25) is 0 Å². The van der Waals surface area contributed by atoms with Crippen molar-refractivity contribution in [2.75, 3.05) is 18.4 Å². The Hall–Kier alpha value is -3.05. The molecule has 34 heavy (non-hydrogen) atoms. The third-order valence-electron chi connectivity index (χ3n) is 5.95. The van der Waals surface area contributed by atoms with Gasteiger partial charge in [0.2, 0.25) is 5.90 Å². The van der Waals surface area contributed by atoms with E-state index in [4.69, 9.17) is 9.73 Å². The highest BCUT2D eigenvalue weighted by Gasteiger charge is 2.42. The first-order chi connectivity index (χ1) is 16.6. The van der Waals surface area contributed by atoms with Crippen molar-refractivity contribution >= 4 is 66.6 Å². The number of carbonyl (C=O) groups excluding carboxylic acids is 1. The first kappa shape index (κ1) is 21.5. The average molecular weight is 584 g/mol. The van der Waals surface area contributed by atoms with Crippen LogP contribution in [0.3, 0.4) is 0 Å². The number of amides is 1. The molecule has 9 heteroatoms. The molecule has 0 saturated carbocycles. The molecule has 2 unspecified atom stereocenters. The first-order valence-electron chi connectivity index (χ1n) is 10.8. The van der Waals surface area contributed by atoms with E-state index in [1.807, 2.05) is 42.5 Å². The van der Waals surface area contributed by atoms with Crippen molar-refractivity contribution in [3.63, 3.8) is 0 Å². The van der Waals surface area contributed by atoms with E-state index in [-0.39, 0.29) is 23.9 Å². The molecule has 6 rings (SSSR count). The second-order valence-electron chi connectivity index (χ2n) is 8.15. The number of nitrogens with zero attached hydrogens (tertiary/aromatic N) is 3. The summed E-state index contributed by atoms with van der Waals surface area (Å²) in [6, 6.07) is 18.3. The van der Waals surface area contributed by atoms with E-state index in [1.165, 1.54) is 17.4 Å². The maximum atomic E-state index is 14.6. The average Bonchev–Trinajstić information content (AvgIpc) is 3.52. The summed E-state index contributed by atoms with van der Waals surface area (Å²) in [5.41, 5.74) is 1.76. The van der Waals surface area contributed by atoms with Crippen LogP contribution in [0.5, 0.6) is 0 Å². The van der Waals surface area contributed by atoms with Crippen molar-refractivity contribution in [1.82, 2.24) is 9.88 Å². The third kappa shape index (κ3) is 3.82. The summed E-state index contributed by atoms with van der Waals surface area (Å²) < 4.78 is 21.4. The van der Waals surface area contributed by atoms with E-state index in [1.54, 1.807) is 23.2 Å². The van der Waals surface area contributed by atoms with Gasteiger partial charge in [0.1, 0.15) is 27.8 Å². The SMILES string of the molecule is O=C(c1c(Nc2ccc(I)cc2F)sc2ncccc12)N1CC2N=C(c3ccccc3)OC2C1. The molecule has 0 spiro atoms. The molecule has 4 aromatic rings. The van der Waals surface area contributed by atoms with Gasteiger partial charge >= 0.3 is 0 Å². The summed E-state index contributed by atoms with van der Waals surface area (Å²) in [6.07, 6.45) is 1.52. The molecular weight excluding hydrogens is 566 g/mol. The van der Waals surface area contributed by atoms with Gasteiger partial charge in [0.25, 0.3) is 5.91 Å². The van der Waals surface area contributed by atoms with Gasteiger partial charge in [0, 0.05) is 27.3 Å². The molecule has 0 aliphatic carbocycles. The number of likely N-dealkylation sites (tertiary alicyclic amines) is 1. The molecule has 2 aliphatic rings. The standard InChI is InChI=1S/C25H18FIN4O2S/c26-17-11-15(27)8-9-18(17)30-24-21(16-7-4-10-28-23(16)34-24)25(32)31-12-19-20(13-31)33-22(29-19)14-5-2-1-3-6-14/h1-11,19-20,30H,12-13H2. The van der Waals surface area contributed by atoms with E-state index in [9.17, 15) is 9.18 Å². The van der Waals surface area contributed by atoms with Gasteiger partial charge in [-0.25, -0.2) is 14.4 Å². The molecule has 170 valence electrons. The van der Waals surface area contributed by atoms with Gasteiger partial charge in [-0.3, -0.25) is 4.79 Å². The van der Waals surface area contributed by atoms with E-state index in [0.717, 1.165) is 19.4 Å². The third-order valence-corrected chi connectivity index (χ3v) is 7.65. The maximum absolute atomic E-state index is 14.6. The largest absolute Gasteiger partial charge is 0.470 e. The van der Waals surface area contributed by atoms with E-state index < -0.39 is 0 Å². The number of nitrogens with one attached hydrogen (secondary N) is 1. The van der Waals surface area contributed by atoms with Crippen molar-refractivity contribution in [3.8, 4) is 0 Å². The Bertz CT molecular complexity index is 1440. The van der Waals surface area contributed by atoms with Crippen molar-refractivity contribution < 1.29 is 13.9 Å². The summed E-state index contributed by atoms with van der Waals surface area (Å²) in [4.78, 5) is 25.4. The van der Waals surface area contributed by atoms with Crippen LogP contribution >= 0.6 is 33.9 Å². The van der Waals surface area contributed by atoms with Gasteiger partial charge in [-0.05, 0) is 65.1 Å². The summed E-state index contributed by atoms with van der Waals surface area (Å²) in [5.74, 6) is 0.120. The normalized spacial score (nSPS) is 19.1. The van der Waals surface area contributed by atoms with Crippen LogP contribution in [0.15, 0.2) is 71.9 Å². The van der Waals surface area contributed by atoms with Crippen LogP contribution in [0.1, 0.15) is 15.9 Å². The second-order valence-corrected chi connectivity index (χ2v) is 10.4. The van der Waals surface area contributed by atoms with Crippen molar-refractivity contribution in [2.24, 2.45) is 4.99 Å². The van der Waals surface area contributed by atoms with Gasteiger partial charge in [-0.2, -0.15) is 0 Å². The van der Waals surface area contributed by atoms with Crippen LogP contribution < -0.4 is 5.32 Å². The molecule has 1 amide bonds. The van der Waals surface area contributed by atoms with Crippen molar-refractivity contribution in [1.29, 1.82) is 0 Å². The van der Waals surface area contributed by atoms with Crippen LogP contribution in [0.25, 0.3) is 10.2 Å². The fourth-order valence-corrected chi connectivity index (χ4v) is 5.81. The zero-order valence-electron chi connectivity index (χ0n) is 17.7. The highest BCUT2D eigenvalue weighted by atomic mass is 127. The number of aliphatic imine (C=N–C) groups is 1. The lowest BCUT2D eigenvalue weighted by atomic mass is 10.1. The molecule has 1 fully saturated rings. The number of thiophene rings is 1. The Labute approximate surface area is 212 Å². The quantitative estimate of drug-likeness (QED) is 0.324. The van der Waals surface area contributed by atoms with Gasteiger partial charge in [0.05, 0.1) is 17.8 Å². The molecule has 1 N–H and O–H groups in total. The minimum atomic E-state index is -0.373. The Morgan fingerprint density at radius 2 is 2.00 bits per heavy atom. The predicted molar refractivity (Wildman–Crippen MR) is 140 cm³/mol.